The van der Waals surface area contributed by atoms with Gasteiger partial charge in [0.15, 0.2) is 0 Å². The van der Waals surface area contributed by atoms with E-state index >= 15 is 0 Å². The third-order valence-corrected chi connectivity index (χ3v) is 3.58. The van der Waals surface area contributed by atoms with E-state index in [1.807, 2.05) is 0 Å². The highest BCUT2D eigenvalue weighted by atomic mass is 79.9. The molecule has 2 aromatic carbocycles. The van der Waals surface area contributed by atoms with Gasteiger partial charge in [-0.05, 0) is 40.2 Å². The SMILES string of the molecule is Nc1cc(Br)c(F)cc1C(=O)Nc1ccc(OC(F)(F)F)c([N+](=O)[O-])c1. The van der Waals surface area contributed by atoms with E-state index in [2.05, 4.69) is 26.0 Å². The zero-order chi connectivity index (χ0) is 19.6. The first-order chi connectivity index (χ1) is 12.0. The average Bonchev–Trinajstić information content (AvgIpc) is 2.50. The minimum absolute atomic E-state index is 0.0239. The Balaban J connectivity index is 2.32. The minimum atomic E-state index is -5.13. The maximum Gasteiger partial charge on any atom is 0.573 e. The standard InChI is InChI=1S/C14H8BrF4N3O4/c15-8-5-10(20)7(4-9(8)16)13(23)21-6-1-2-12(26-14(17,18)19)11(3-6)22(24)25/h1-5H,20H2,(H,21,23). The molecule has 0 heterocycles. The second-order valence-corrected chi connectivity index (χ2v) is 5.65. The van der Waals surface area contributed by atoms with Gasteiger partial charge in [-0.2, -0.15) is 0 Å². The van der Waals surface area contributed by atoms with Gasteiger partial charge in [0.1, 0.15) is 5.82 Å². The quantitative estimate of drug-likeness (QED) is 0.322. The van der Waals surface area contributed by atoms with Gasteiger partial charge in [0, 0.05) is 17.4 Å². The Bertz CT molecular complexity index is 889. The Morgan fingerprint density at radius 1 is 1.27 bits per heavy atom. The Labute approximate surface area is 151 Å². The number of amides is 1. The fraction of sp³-hybridized carbons (Fsp3) is 0.0714. The minimum Gasteiger partial charge on any atom is -0.398 e. The van der Waals surface area contributed by atoms with Crippen molar-refractivity contribution in [2.24, 2.45) is 0 Å². The second-order valence-electron chi connectivity index (χ2n) is 4.80. The predicted molar refractivity (Wildman–Crippen MR) is 86.2 cm³/mol. The van der Waals surface area contributed by atoms with Gasteiger partial charge in [-0.1, -0.05) is 0 Å². The van der Waals surface area contributed by atoms with Crippen LogP contribution >= 0.6 is 15.9 Å². The first-order valence-electron chi connectivity index (χ1n) is 6.58. The monoisotopic (exact) mass is 437 g/mol. The molecule has 0 atom stereocenters. The van der Waals surface area contributed by atoms with Crippen molar-refractivity contribution in [1.29, 1.82) is 0 Å². The van der Waals surface area contributed by atoms with Gasteiger partial charge in [0.2, 0.25) is 5.75 Å². The molecule has 2 aromatic rings. The van der Waals surface area contributed by atoms with Crippen LogP contribution in [0.5, 0.6) is 5.75 Å². The number of halogens is 5. The Kier molecular flexibility index (Phi) is 5.35. The van der Waals surface area contributed by atoms with Crippen molar-refractivity contribution in [3.05, 3.63) is 56.3 Å². The number of alkyl halides is 3. The molecule has 12 heteroatoms. The molecule has 0 saturated carbocycles. The van der Waals surface area contributed by atoms with Gasteiger partial charge in [-0.15, -0.1) is 13.2 Å². The summed E-state index contributed by atoms with van der Waals surface area (Å²) in [4.78, 5) is 22.0. The molecule has 0 unspecified atom stereocenters. The van der Waals surface area contributed by atoms with E-state index in [9.17, 15) is 32.5 Å². The lowest BCUT2D eigenvalue weighted by Crippen LogP contribution is -2.18. The molecule has 2 rings (SSSR count). The molecule has 1 amide bonds. The lowest BCUT2D eigenvalue weighted by molar-refractivity contribution is -0.388. The molecule has 0 aliphatic carbocycles. The van der Waals surface area contributed by atoms with E-state index in [-0.39, 0.29) is 21.4 Å². The maximum absolute atomic E-state index is 13.5. The molecule has 0 spiro atoms. The van der Waals surface area contributed by atoms with Gasteiger partial charge in [0.05, 0.1) is 15.0 Å². The maximum atomic E-state index is 13.5. The molecule has 7 nitrogen and oxygen atoms in total. The van der Waals surface area contributed by atoms with Gasteiger partial charge in [0.25, 0.3) is 5.91 Å². The Morgan fingerprint density at radius 3 is 2.50 bits per heavy atom. The molecular weight excluding hydrogens is 430 g/mol. The number of ether oxygens (including phenoxy) is 1. The van der Waals surface area contributed by atoms with Crippen LogP contribution in [0.25, 0.3) is 0 Å². The highest BCUT2D eigenvalue weighted by Crippen LogP contribution is 2.34. The van der Waals surface area contributed by atoms with Gasteiger partial charge in [-0.3, -0.25) is 14.9 Å². The van der Waals surface area contributed by atoms with Crippen molar-refractivity contribution in [3.8, 4) is 5.75 Å². The number of hydrogen-bond donors (Lipinski definition) is 2. The number of nitrogen functional groups attached to an aromatic ring is 1. The summed E-state index contributed by atoms with van der Waals surface area (Å²) in [5, 5.41) is 13.1. The second kappa shape index (κ2) is 7.15. The summed E-state index contributed by atoms with van der Waals surface area (Å²) in [6.07, 6.45) is -5.13. The number of nitrogens with one attached hydrogen (secondary N) is 1. The number of nitro groups is 1. The number of rotatable bonds is 4. The molecule has 26 heavy (non-hydrogen) atoms. The lowest BCUT2D eigenvalue weighted by Gasteiger charge is -2.11. The zero-order valence-electron chi connectivity index (χ0n) is 12.4. The van der Waals surface area contributed by atoms with E-state index in [1.54, 1.807) is 0 Å². The molecule has 0 bridgehead atoms. The average molecular weight is 438 g/mol. The van der Waals surface area contributed by atoms with E-state index in [0.717, 1.165) is 18.2 Å². The van der Waals surface area contributed by atoms with E-state index in [0.29, 0.717) is 12.1 Å². The van der Waals surface area contributed by atoms with E-state index in [4.69, 9.17) is 5.73 Å². The molecule has 3 N–H and O–H groups in total. The number of hydrogen-bond acceptors (Lipinski definition) is 5. The van der Waals surface area contributed by atoms with Crippen molar-refractivity contribution in [3.63, 3.8) is 0 Å². The summed E-state index contributed by atoms with van der Waals surface area (Å²) in [5.74, 6) is -2.73. The highest BCUT2D eigenvalue weighted by molar-refractivity contribution is 9.10. The number of nitro benzene ring substituents is 1. The Hall–Kier alpha value is -2.89. The number of anilines is 2. The molecule has 0 radical (unpaired) electrons. The molecule has 0 aromatic heterocycles. The number of nitrogens with two attached hydrogens (primary N) is 1. The van der Waals surface area contributed by atoms with Crippen LogP contribution < -0.4 is 15.8 Å². The van der Waals surface area contributed by atoms with Gasteiger partial charge >= 0.3 is 12.0 Å². The third kappa shape index (κ3) is 4.59. The molecule has 0 aliphatic rings. The highest BCUT2D eigenvalue weighted by Gasteiger charge is 2.34. The predicted octanol–water partition coefficient (Wildman–Crippen LogP) is 4.23. The number of benzene rings is 2. The summed E-state index contributed by atoms with van der Waals surface area (Å²) < 4.78 is 53.9. The largest absolute Gasteiger partial charge is 0.573 e. The van der Waals surface area contributed by atoms with Crippen molar-refractivity contribution < 1.29 is 32.0 Å². The van der Waals surface area contributed by atoms with Crippen molar-refractivity contribution >= 4 is 38.9 Å². The summed E-state index contributed by atoms with van der Waals surface area (Å²) >= 11 is 2.89. The van der Waals surface area contributed by atoms with Crippen LogP contribution in [0.15, 0.2) is 34.8 Å². The van der Waals surface area contributed by atoms with Crippen LogP contribution in [-0.2, 0) is 0 Å². The van der Waals surface area contributed by atoms with E-state index < -0.39 is 34.4 Å². The number of carbonyl (C=O) groups excluding carboxylic acids is 1. The van der Waals surface area contributed by atoms with Crippen LogP contribution in [0.2, 0.25) is 0 Å². The first kappa shape index (κ1) is 19.4. The van der Waals surface area contributed by atoms with Gasteiger partial charge < -0.3 is 15.8 Å². The summed E-state index contributed by atoms with van der Waals surface area (Å²) in [6.45, 7) is 0. The van der Waals surface area contributed by atoms with Crippen LogP contribution in [-0.4, -0.2) is 17.2 Å². The topological polar surface area (TPSA) is 107 Å². The van der Waals surface area contributed by atoms with Crippen molar-refractivity contribution in [1.82, 2.24) is 0 Å². The zero-order valence-corrected chi connectivity index (χ0v) is 14.0. The molecular formula is C14H8BrF4N3O4. The van der Waals surface area contributed by atoms with Crippen molar-refractivity contribution in [2.75, 3.05) is 11.1 Å². The molecule has 0 saturated heterocycles. The summed E-state index contributed by atoms with van der Waals surface area (Å²) in [6, 6.07) is 4.28. The Morgan fingerprint density at radius 2 is 1.92 bits per heavy atom. The van der Waals surface area contributed by atoms with Crippen molar-refractivity contribution in [2.45, 2.75) is 6.36 Å². The summed E-state index contributed by atoms with van der Waals surface area (Å²) in [5.41, 5.74) is 4.04. The van der Waals surface area contributed by atoms with Gasteiger partial charge in [-0.25, -0.2) is 4.39 Å². The smallest absolute Gasteiger partial charge is 0.398 e. The van der Waals surface area contributed by atoms with Crippen LogP contribution in [0, 0.1) is 15.9 Å². The third-order valence-electron chi connectivity index (χ3n) is 2.98. The number of carbonyl (C=O) groups is 1. The van der Waals surface area contributed by atoms with E-state index in [1.165, 1.54) is 0 Å². The molecule has 0 aliphatic heterocycles. The molecule has 138 valence electrons. The lowest BCUT2D eigenvalue weighted by atomic mass is 10.1. The van der Waals surface area contributed by atoms with Crippen LogP contribution in [0.4, 0.5) is 34.6 Å². The fourth-order valence-corrected chi connectivity index (χ4v) is 2.27. The first-order valence-corrected chi connectivity index (χ1v) is 7.37. The fourth-order valence-electron chi connectivity index (χ4n) is 1.91. The van der Waals surface area contributed by atoms with Crippen LogP contribution in [0.1, 0.15) is 10.4 Å². The number of nitrogens with zero attached hydrogens (tertiary/aromatic N) is 1. The van der Waals surface area contributed by atoms with Crippen LogP contribution in [0.3, 0.4) is 0 Å². The normalized spacial score (nSPS) is 11.1. The molecule has 0 fully saturated rings. The summed E-state index contributed by atoms with van der Waals surface area (Å²) in [7, 11) is 0.